The topological polar surface area (TPSA) is 3.24 Å². The lowest BCUT2D eigenvalue weighted by Gasteiger charge is -2.18. The van der Waals surface area contributed by atoms with Crippen LogP contribution in [0.1, 0.15) is 37.8 Å². The number of aryl methyl sites for hydroxylation is 1. The molecule has 0 aromatic heterocycles. The van der Waals surface area contributed by atoms with Crippen molar-refractivity contribution in [1.29, 1.82) is 0 Å². The second kappa shape index (κ2) is 7.94. The average molecular weight is 231 g/mol. The van der Waals surface area contributed by atoms with Crippen molar-refractivity contribution < 1.29 is 0 Å². The minimum atomic E-state index is 1.03. The van der Waals surface area contributed by atoms with E-state index in [2.05, 4.69) is 62.2 Å². The molecule has 0 fully saturated rings. The van der Waals surface area contributed by atoms with Crippen LogP contribution in [0.5, 0.6) is 0 Å². The third-order valence-electron chi connectivity index (χ3n) is 2.81. The maximum absolute atomic E-state index is 2.41. The van der Waals surface area contributed by atoms with Gasteiger partial charge in [0, 0.05) is 13.1 Å². The molecule has 0 heterocycles. The third-order valence-corrected chi connectivity index (χ3v) is 2.81. The van der Waals surface area contributed by atoms with E-state index in [0.717, 1.165) is 19.5 Å². The Kier molecular flexibility index (Phi) is 6.46. The molecule has 0 aliphatic carbocycles. The van der Waals surface area contributed by atoms with Gasteiger partial charge in [-0.25, -0.2) is 0 Å². The SMILES string of the molecule is CCCN(C=CCc1ccc(C)cc1)CCC. The Hall–Kier alpha value is -1.24. The lowest BCUT2D eigenvalue weighted by molar-refractivity contribution is 0.375. The zero-order valence-electron chi connectivity index (χ0n) is 11.4. The predicted molar refractivity (Wildman–Crippen MR) is 76.2 cm³/mol. The summed E-state index contributed by atoms with van der Waals surface area (Å²) in [6.07, 6.45) is 8.00. The molecule has 94 valence electrons. The van der Waals surface area contributed by atoms with E-state index in [0.29, 0.717) is 0 Å². The Labute approximate surface area is 106 Å². The molecule has 17 heavy (non-hydrogen) atoms. The Balaban J connectivity index is 2.44. The molecular weight excluding hydrogens is 206 g/mol. The summed E-state index contributed by atoms with van der Waals surface area (Å²) in [5.41, 5.74) is 2.72. The first-order valence-electron chi connectivity index (χ1n) is 6.72. The first kappa shape index (κ1) is 13.8. The number of nitrogens with zero attached hydrogens (tertiary/aromatic N) is 1. The van der Waals surface area contributed by atoms with Crippen LogP contribution in [0.25, 0.3) is 0 Å². The molecule has 1 nitrogen and oxygen atoms in total. The third kappa shape index (κ3) is 5.58. The van der Waals surface area contributed by atoms with Crippen LogP contribution >= 0.6 is 0 Å². The van der Waals surface area contributed by atoms with E-state index in [1.165, 1.54) is 24.0 Å². The number of hydrogen-bond donors (Lipinski definition) is 0. The van der Waals surface area contributed by atoms with E-state index >= 15 is 0 Å². The van der Waals surface area contributed by atoms with Gasteiger partial charge in [0.25, 0.3) is 0 Å². The van der Waals surface area contributed by atoms with Gasteiger partial charge in [0.15, 0.2) is 0 Å². The predicted octanol–water partition coefficient (Wildman–Crippen LogP) is 4.17. The molecule has 0 N–H and O–H groups in total. The van der Waals surface area contributed by atoms with Gasteiger partial charge in [-0.2, -0.15) is 0 Å². The fourth-order valence-corrected chi connectivity index (χ4v) is 1.90. The minimum Gasteiger partial charge on any atom is -0.378 e. The fraction of sp³-hybridized carbons (Fsp3) is 0.500. The van der Waals surface area contributed by atoms with Crippen LogP contribution in [-0.2, 0) is 6.42 Å². The van der Waals surface area contributed by atoms with Gasteiger partial charge in [0.05, 0.1) is 0 Å². The first-order valence-corrected chi connectivity index (χ1v) is 6.72. The zero-order valence-corrected chi connectivity index (χ0v) is 11.4. The van der Waals surface area contributed by atoms with Gasteiger partial charge in [0.2, 0.25) is 0 Å². The summed E-state index contributed by atoms with van der Waals surface area (Å²) >= 11 is 0. The van der Waals surface area contributed by atoms with Crippen LogP contribution in [0.3, 0.4) is 0 Å². The van der Waals surface area contributed by atoms with Gasteiger partial charge < -0.3 is 4.90 Å². The molecule has 0 saturated carbocycles. The Morgan fingerprint density at radius 3 is 2.12 bits per heavy atom. The van der Waals surface area contributed by atoms with Crippen molar-refractivity contribution in [1.82, 2.24) is 4.90 Å². The van der Waals surface area contributed by atoms with Crippen LogP contribution in [0.15, 0.2) is 36.5 Å². The molecular formula is C16H25N. The van der Waals surface area contributed by atoms with Crippen LogP contribution in [0.4, 0.5) is 0 Å². The van der Waals surface area contributed by atoms with E-state index in [4.69, 9.17) is 0 Å². The van der Waals surface area contributed by atoms with Gasteiger partial charge in [0.1, 0.15) is 0 Å². The second-order valence-corrected chi connectivity index (χ2v) is 4.61. The summed E-state index contributed by atoms with van der Waals surface area (Å²) in [7, 11) is 0. The van der Waals surface area contributed by atoms with E-state index in [1.54, 1.807) is 0 Å². The number of rotatable bonds is 7. The van der Waals surface area contributed by atoms with Gasteiger partial charge >= 0.3 is 0 Å². The van der Waals surface area contributed by atoms with Gasteiger partial charge in [-0.1, -0.05) is 49.8 Å². The van der Waals surface area contributed by atoms with Crippen LogP contribution in [0, 0.1) is 6.92 Å². The van der Waals surface area contributed by atoms with Crippen LogP contribution in [0.2, 0.25) is 0 Å². The Morgan fingerprint density at radius 2 is 1.59 bits per heavy atom. The van der Waals surface area contributed by atoms with Crippen molar-refractivity contribution in [3.8, 4) is 0 Å². The summed E-state index contributed by atoms with van der Waals surface area (Å²) < 4.78 is 0. The zero-order chi connectivity index (χ0) is 12.5. The van der Waals surface area contributed by atoms with Crippen molar-refractivity contribution in [3.63, 3.8) is 0 Å². The Morgan fingerprint density at radius 1 is 1.00 bits per heavy atom. The summed E-state index contributed by atoms with van der Waals surface area (Å²) in [4.78, 5) is 2.41. The highest BCUT2D eigenvalue weighted by Gasteiger charge is 1.95. The van der Waals surface area contributed by atoms with E-state index in [1.807, 2.05) is 0 Å². The molecule has 0 saturated heterocycles. The molecule has 0 atom stereocenters. The molecule has 0 aliphatic rings. The summed E-state index contributed by atoms with van der Waals surface area (Å²) in [5, 5.41) is 0. The van der Waals surface area contributed by atoms with Gasteiger partial charge in [-0.05, 0) is 37.9 Å². The van der Waals surface area contributed by atoms with Gasteiger partial charge in [-0.3, -0.25) is 0 Å². The highest BCUT2D eigenvalue weighted by Crippen LogP contribution is 2.05. The van der Waals surface area contributed by atoms with E-state index in [9.17, 15) is 0 Å². The lowest BCUT2D eigenvalue weighted by Crippen LogP contribution is -2.18. The van der Waals surface area contributed by atoms with Crippen molar-refractivity contribution in [2.45, 2.75) is 40.0 Å². The van der Waals surface area contributed by atoms with Crippen molar-refractivity contribution in [2.24, 2.45) is 0 Å². The van der Waals surface area contributed by atoms with Crippen molar-refractivity contribution in [2.75, 3.05) is 13.1 Å². The quantitative estimate of drug-likeness (QED) is 0.680. The standard InChI is InChI=1S/C16H25N/c1-4-12-17(13-5-2)14-6-7-16-10-8-15(3)9-11-16/h6,8-11,14H,4-5,7,12-13H2,1-3H3. The van der Waals surface area contributed by atoms with E-state index in [-0.39, 0.29) is 0 Å². The van der Waals surface area contributed by atoms with E-state index < -0.39 is 0 Å². The minimum absolute atomic E-state index is 1.03. The molecule has 1 aromatic carbocycles. The van der Waals surface area contributed by atoms with Crippen LogP contribution in [-0.4, -0.2) is 18.0 Å². The molecule has 0 aliphatic heterocycles. The molecule has 1 aromatic rings. The monoisotopic (exact) mass is 231 g/mol. The molecule has 1 rings (SSSR count). The number of hydrogen-bond acceptors (Lipinski definition) is 1. The molecule has 0 unspecified atom stereocenters. The normalized spacial score (nSPS) is 11.0. The summed E-state index contributed by atoms with van der Waals surface area (Å²) in [6.45, 7) is 8.92. The van der Waals surface area contributed by atoms with Gasteiger partial charge in [-0.15, -0.1) is 0 Å². The van der Waals surface area contributed by atoms with Crippen molar-refractivity contribution in [3.05, 3.63) is 47.7 Å². The number of allylic oxidation sites excluding steroid dienone is 1. The largest absolute Gasteiger partial charge is 0.378 e. The number of benzene rings is 1. The molecule has 0 amide bonds. The smallest absolute Gasteiger partial charge is 0.0169 e. The molecule has 0 radical (unpaired) electrons. The first-order chi connectivity index (χ1) is 8.26. The molecule has 1 heteroatoms. The van der Waals surface area contributed by atoms with Crippen LogP contribution < -0.4 is 0 Å². The highest BCUT2D eigenvalue weighted by molar-refractivity contribution is 5.22. The Bertz CT molecular complexity index is 318. The molecule has 0 bridgehead atoms. The lowest BCUT2D eigenvalue weighted by atomic mass is 10.1. The maximum atomic E-state index is 2.41. The highest BCUT2D eigenvalue weighted by atomic mass is 15.1. The second-order valence-electron chi connectivity index (χ2n) is 4.61. The average Bonchev–Trinajstić information content (AvgIpc) is 2.32. The maximum Gasteiger partial charge on any atom is 0.0169 e. The van der Waals surface area contributed by atoms with Crippen molar-refractivity contribution >= 4 is 0 Å². The summed E-state index contributed by atoms with van der Waals surface area (Å²) in [6, 6.07) is 8.78. The molecule has 0 spiro atoms. The fourth-order valence-electron chi connectivity index (χ4n) is 1.90. The summed E-state index contributed by atoms with van der Waals surface area (Å²) in [5.74, 6) is 0.